The summed E-state index contributed by atoms with van der Waals surface area (Å²) in [4.78, 5) is 14.9. The van der Waals surface area contributed by atoms with E-state index >= 15 is 0 Å². The number of nitro benzene ring substituents is 1. The van der Waals surface area contributed by atoms with Gasteiger partial charge >= 0.3 is 0 Å². The van der Waals surface area contributed by atoms with Crippen molar-refractivity contribution in [1.29, 1.82) is 0 Å². The van der Waals surface area contributed by atoms with Crippen molar-refractivity contribution in [2.75, 3.05) is 5.43 Å². The first-order valence-electron chi connectivity index (χ1n) is 8.28. The van der Waals surface area contributed by atoms with Gasteiger partial charge in [-0.1, -0.05) is 24.3 Å². The molecule has 0 aliphatic carbocycles. The van der Waals surface area contributed by atoms with Crippen molar-refractivity contribution < 1.29 is 9.66 Å². The Kier molecular flexibility index (Phi) is 5.77. The highest BCUT2D eigenvalue weighted by atomic mass is 32.1. The predicted octanol–water partition coefficient (Wildman–Crippen LogP) is 4.95. The lowest BCUT2D eigenvalue weighted by atomic mass is 10.1. The monoisotopic (exact) mass is 382 g/mol. The number of hydrazone groups is 1. The molecule has 3 rings (SSSR count). The number of benzene rings is 2. The molecule has 0 bridgehead atoms. The number of nitrogens with zero attached hydrogens (tertiary/aromatic N) is 3. The summed E-state index contributed by atoms with van der Waals surface area (Å²) >= 11 is 1.37. The van der Waals surface area contributed by atoms with E-state index in [-0.39, 0.29) is 11.8 Å². The highest BCUT2D eigenvalue weighted by Crippen LogP contribution is 2.27. The van der Waals surface area contributed by atoms with Gasteiger partial charge in [-0.3, -0.25) is 15.5 Å². The Hall–Kier alpha value is -3.26. The number of para-hydroxylation sites is 1. The summed E-state index contributed by atoms with van der Waals surface area (Å²) in [6, 6.07) is 14.0. The van der Waals surface area contributed by atoms with Crippen LogP contribution in [0.5, 0.6) is 5.75 Å². The number of aromatic nitrogens is 1. The zero-order valence-corrected chi connectivity index (χ0v) is 15.6. The lowest BCUT2D eigenvalue weighted by Crippen LogP contribution is -2.07. The molecule has 0 atom stereocenters. The van der Waals surface area contributed by atoms with Crippen molar-refractivity contribution in [2.45, 2.75) is 20.0 Å². The zero-order chi connectivity index (χ0) is 19.2. The molecule has 1 heterocycles. The van der Waals surface area contributed by atoms with Crippen LogP contribution in [0.3, 0.4) is 0 Å². The Balaban J connectivity index is 1.71. The minimum atomic E-state index is -0.421. The number of hydrogen-bond acceptors (Lipinski definition) is 7. The van der Waals surface area contributed by atoms with Crippen LogP contribution in [0.4, 0.5) is 10.8 Å². The molecular formula is C19H18N4O3S. The molecule has 0 unspecified atom stereocenters. The highest BCUT2D eigenvalue weighted by molar-refractivity contribution is 7.14. The summed E-state index contributed by atoms with van der Waals surface area (Å²) < 4.78 is 5.75. The molecule has 8 heteroatoms. The van der Waals surface area contributed by atoms with E-state index in [4.69, 9.17) is 4.74 Å². The molecule has 27 heavy (non-hydrogen) atoms. The summed E-state index contributed by atoms with van der Waals surface area (Å²) in [5, 5.41) is 17.5. The van der Waals surface area contributed by atoms with Gasteiger partial charge in [0.15, 0.2) is 0 Å². The molecule has 0 radical (unpaired) electrons. The van der Waals surface area contributed by atoms with Gasteiger partial charge in [0.1, 0.15) is 5.75 Å². The Morgan fingerprint density at radius 3 is 2.85 bits per heavy atom. The minimum absolute atomic E-state index is 0.0368. The molecule has 0 aliphatic rings. The van der Waals surface area contributed by atoms with Gasteiger partial charge in [-0.25, -0.2) is 4.98 Å². The molecular weight excluding hydrogens is 364 g/mol. The maximum atomic E-state index is 10.9. The Morgan fingerprint density at radius 1 is 1.26 bits per heavy atom. The largest absolute Gasteiger partial charge is 0.490 e. The van der Waals surface area contributed by atoms with E-state index in [2.05, 4.69) is 15.5 Å². The van der Waals surface area contributed by atoms with Crippen LogP contribution >= 0.6 is 11.3 Å². The fourth-order valence-electron chi connectivity index (χ4n) is 2.34. The SMILES string of the molecule is CC(C)Oc1ccccc1/C=N/Nc1nc(-c2cccc([N+](=O)[O-])c2)cs1. The first kappa shape index (κ1) is 18.5. The van der Waals surface area contributed by atoms with E-state index in [0.29, 0.717) is 16.4 Å². The number of ether oxygens (including phenoxy) is 1. The van der Waals surface area contributed by atoms with E-state index < -0.39 is 4.92 Å². The summed E-state index contributed by atoms with van der Waals surface area (Å²) in [6.07, 6.45) is 1.75. The molecule has 1 N–H and O–H groups in total. The van der Waals surface area contributed by atoms with Crippen molar-refractivity contribution in [3.8, 4) is 17.0 Å². The lowest BCUT2D eigenvalue weighted by Gasteiger charge is -2.11. The highest BCUT2D eigenvalue weighted by Gasteiger charge is 2.10. The second-order valence-electron chi connectivity index (χ2n) is 5.92. The lowest BCUT2D eigenvalue weighted by molar-refractivity contribution is -0.384. The number of rotatable bonds is 7. The fourth-order valence-corrected chi connectivity index (χ4v) is 3.01. The van der Waals surface area contributed by atoms with Crippen LogP contribution in [0, 0.1) is 10.1 Å². The molecule has 0 aliphatic heterocycles. The number of hydrogen-bond donors (Lipinski definition) is 1. The van der Waals surface area contributed by atoms with Gasteiger partial charge in [-0.15, -0.1) is 11.3 Å². The molecule has 0 spiro atoms. The van der Waals surface area contributed by atoms with E-state index in [9.17, 15) is 10.1 Å². The fraction of sp³-hybridized carbons (Fsp3) is 0.158. The van der Waals surface area contributed by atoms with E-state index in [1.54, 1.807) is 18.3 Å². The average Bonchev–Trinajstić information content (AvgIpc) is 3.12. The third kappa shape index (κ3) is 4.89. The van der Waals surface area contributed by atoms with Crippen LogP contribution in [0.2, 0.25) is 0 Å². The van der Waals surface area contributed by atoms with Crippen LogP contribution < -0.4 is 10.2 Å². The van der Waals surface area contributed by atoms with Crippen LogP contribution in [0.15, 0.2) is 59.0 Å². The average molecular weight is 382 g/mol. The number of anilines is 1. The Labute approximate surface area is 160 Å². The van der Waals surface area contributed by atoms with E-state index in [1.165, 1.54) is 23.5 Å². The molecule has 138 valence electrons. The smallest absolute Gasteiger partial charge is 0.270 e. The maximum Gasteiger partial charge on any atom is 0.270 e. The molecule has 0 saturated heterocycles. The number of nitro groups is 1. The van der Waals surface area contributed by atoms with E-state index in [1.807, 2.05) is 43.5 Å². The molecule has 0 fully saturated rings. The first-order valence-corrected chi connectivity index (χ1v) is 9.16. The minimum Gasteiger partial charge on any atom is -0.490 e. The molecule has 2 aromatic carbocycles. The second kappa shape index (κ2) is 8.41. The van der Waals surface area contributed by atoms with Gasteiger partial charge in [0.25, 0.3) is 5.69 Å². The van der Waals surface area contributed by atoms with Crippen molar-refractivity contribution in [3.05, 3.63) is 69.6 Å². The quantitative estimate of drug-likeness (QED) is 0.355. The Bertz CT molecular complexity index is 969. The van der Waals surface area contributed by atoms with Gasteiger partial charge in [0, 0.05) is 28.6 Å². The molecule has 7 nitrogen and oxygen atoms in total. The molecule has 3 aromatic rings. The summed E-state index contributed by atoms with van der Waals surface area (Å²) in [5.41, 5.74) is 5.13. The third-order valence-electron chi connectivity index (χ3n) is 3.50. The Morgan fingerprint density at radius 2 is 2.07 bits per heavy atom. The van der Waals surface area contributed by atoms with Crippen LogP contribution in [0.25, 0.3) is 11.3 Å². The maximum absolute atomic E-state index is 10.9. The number of non-ortho nitro benzene ring substituents is 1. The van der Waals surface area contributed by atoms with Crippen LogP contribution in [0.1, 0.15) is 19.4 Å². The summed E-state index contributed by atoms with van der Waals surface area (Å²) in [7, 11) is 0. The van der Waals surface area contributed by atoms with Gasteiger partial charge in [0.05, 0.1) is 22.9 Å². The topological polar surface area (TPSA) is 89.7 Å². The third-order valence-corrected chi connectivity index (χ3v) is 4.25. The van der Waals surface area contributed by atoms with Crippen LogP contribution in [-0.2, 0) is 0 Å². The first-order chi connectivity index (χ1) is 13.0. The number of thiazole rings is 1. The molecule has 0 saturated carbocycles. The van der Waals surface area contributed by atoms with Crippen molar-refractivity contribution >= 4 is 28.4 Å². The predicted molar refractivity (Wildman–Crippen MR) is 108 cm³/mol. The number of nitrogens with one attached hydrogen (secondary N) is 1. The van der Waals surface area contributed by atoms with Crippen LogP contribution in [-0.4, -0.2) is 22.2 Å². The second-order valence-corrected chi connectivity index (χ2v) is 6.78. The van der Waals surface area contributed by atoms with E-state index in [0.717, 1.165) is 11.3 Å². The van der Waals surface area contributed by atoms with Gasteiger partial charge < -0.3 is 4.74 Å². The summed E-state index contributed by atoms with van der Waals surface area (Å²) in [5.74, 6) is 0.759. The summed E-state index contributed by atoms with van der Waals surface area (Å²) in [6.45, 7) is 3.94. The van der Waals surface area contributed by atoms with Crippen molar-refractivity contribution in [1.82, 2.24) is 4.98 Å². The standard InChI is InChI=1S/C19H18N4O3S/c1-13(2)26-18-9-4-3-6-15(18)11-20-22-19-21-17(12-27-19)14-7-5-8-16(10-14)23(24)25/h3-13H,1-2H3,(H,21,22)/b20-11+. The molecule has 1 aromatic heterocycles. The molecule has 0 amide bonds. The van der Waals surface area contributed by atoms with Gasteiger partial charge in [-0.2, -0.15) is 5.10 Å². The zero-order valence-electron chi connectivity index (χ0n) is 14.8. The van der Waals surface area contributed by atoms with Gasteiger partial charge in [-0.05, 0) is 26.0 Å². The normalized spacial score (nSPS) is 11.1. The van der Waals surface area contributed by atoms with Gasteiger partial charge in [0.2, 0.25) is 5.13 Å². The van der Waals surface area contributed by atoms with Crippen molar-refractivity contribution in [2.24, 2.45) is 5.10 Å². The van der Waals surface area contributed by atoms with Crippen molar-refractivity contribution in [3.63, 3.8) is 0 Å².